The van der Waals surface area contributed by atoms with E-state index < -0.39 is 12.1 Å². The van der Waals surface area contributed by atoms with Gasteiger partial charge in [0.05, 0.1) is 5.56 Å². The number of hydrogen-bond donors (Lipinski definition) is 0. The zero-order valence-corrected chi connectivity index (χ0v) is 8.16. The summed E-state index contributed by atoms with van der Waals surface area (Å²) in [6.07, 6.45) is -2.32. The van der Waals surface area contributed by atoms with E-state index in [2.05, 4.69) is 5.10 Å². The molecule has 0 saturated heterocycles. The molecule has 0 spiro atoms. The molecule has 0 aliphatic heterocycles. The number of aromatic nitrogens is 2. The smallest absolute Gasteiger partial charge is 0.282 e. The number of rotatable bonds is 3. The van der Waals surface area contributed by atoms with Crippen LogP contribution in [0.3, 0.4) is 0 Å². The van der Waals surface area contributed by atoms with E-state index in [-0.39, 0.29) is 5.56 Å². The van der Waals surface area contributed by atoms with Crippen LogP contribution in [0.4, 0.5) is 14.6 Å². The van der Waals surface area contributed by atoms with E-state index in [1.807, 2.05) is 0 Å². The quantitative estimate of drug-likeness (QED) is 0.693. The highest BCUT2D eigenvalue weighted by Gasteiger charge is 2.23. The Labute approximate surface area is 80.1 Å². The van der Waals surface area contributed by atoms with Gasteiger partial charge in [0, 0.05) is 21.1 Å². The Morgan fingerprint density at radius 2 is 2.07 bits per heavy atom. The Hall–Kier alpha value is -1.46. The van der Waals surface area contributed by atoms with Crippen LogP contribution in [0.2, 0.25) is 0 Å². The van der Waals surface area contributed by atoms with Gasteiger partial charge < -0.3 is 4.90 Å². The van der Waals surface area contributed by atoms with E-state index in [1.165, 1.54) is 11.7 Å². The number of nitrogens with zero attached hydrogens (tertiary/aromatic N) is 3. The highest BCUT2D eigenvalue weighted by molar-refractivity contribution is 5.84. The molecule has 0 unspecified atom stereocenters. The van der Waals surface area contributed by atoms with Gasteiger partial charge in [0.25, 0.3) is 6.43 Å². The van der Waals surface area contributed by atoms with Gasteiger partial charge in [-0.2, -0.15) is 5.10 Å². The average molecular weight is 203 g/mol. The first-order valence-corrected chi connectivity index (χ1v) is 3.96. The van der Waals surface area contributed by atoms with Crippen molar-refractivity contribution in [2.75, 3.05) is 19.0 Å². The fourth-order valence-corrected chi connectivity index (χ4v) is 1.36. The lowest BCUT2D eigenvalue weighted by Crippen LogP contribution is -2.14. The normalized spacial score (nSPS) is 10.7. The first-order valence-electron chi connectivity index (χ1n) is 3.96. The summed E-state index contributed by atoms with van der Waals surface area (Å²) in [6, 6.07) is 0. The third-order valence-corrected chi connectivity index (χ3v) is 1.83. The highest BCUT2D eigenvalue weighted by atomic mass is 19.3. The minimum Gasteiger partial charge on any atom is -0.362 e. The van der Waals surface area contributed by atoms with Gasteiger partial charge >= 0.3 is 0 Å². The zero-order valence-electron chi connectivity index (χ0n) is 8.16. The van der Waals surface area contributed by atoms with Crippen LogP contribution < -0.4 is 4.90 Å². The minimum absolute atomic E-state index is 0.0486. The number of aldehydes is 1. The molecule has 0 aromatic carbocycles. The standard InChI is InChI=1S/C8H11F2N3O/c1-12(2)8-5(4-14)6(7(9)10)11-13(8)3/h4,7H,1-3H3. The second kappa shape index (κ2) is 3.73. The molecule has 14 heavy (non-hydrogen) atoms. The second-order valence-corrected chi connectivity index (χ2v) is 3.06. The molecule has 1 rings (SSSR count). The van der Waals surface area contributed by atoms with Crippen LogP contribution in [0, 0.1) is 0 Å². The third-order valence-electron chi connectivity index (χ3n) is 1.83. The van der Waals surface area contributed by atoms with Gasteiger partial charge in [-0.05, 0) is 0 Å². The molecule has 6 heteroatoms. The zero-order chi connectivity index (χ0) is 10.9. The summed E-state index contributed by atoms with van der Waals surface area (Å²) in [5, 5.41) is 3.60. The second-order valence-electron chi connectivity index (χ2n) is 3.06. The van der Waals surface area contributed by atoms with Crippen molar-refractivity contribution in [3.63, 3.8) is 0 Å². The number of halogens is 2. The maximum absolute atomic E-state index is 12.4. The SMILES string of the molecule is CN(C)c1c(C=O)c(C(F)F)nn1C. The molecule has 1 heterocycles. The fraction of sp³-hybridized carbons (Fsp3) is 0.500. The molecule has 0 saturated carbocycles. The number of anilines is 1. The topological polar surface area (TPSA) is 38.1 Å². The van der Waals surface area contributed by atoms with Crippen molar-refractivity contribution in [3.8, 4) is 0 Å². The predicted molar refractivity (Wildman–Crippen MR) is 47.9 cm³/mol. The molecule has 1 aromatic rings. The van der Waals surface area contributed by atoms with Crippen molar-refractivity contribution in [2.45, 2.75) is 6.43 Å². The van der Waals surface area contributed by atoms with Crippen LogP contribution >= 0.6 is 0 Å². The number of carbonyl (C=O) groups excluding carboxylic acids is 1. The van der Waals surface area contributed by atoms with Gasteiger partial charge in [-0.25, -0.2) is 8.78 Å². The lowest BCUT2D eigenvalue weighted by Gasteiger charge is -2.12. The van der Waals surface area contributed by atoms with Crippen molar-refractivity contribution in [2.24, 2.45) is 7.05 Å². The molecule has 0 bridgehead atoms. The van der Waals surface area contributed by atoms with Crippen molar-refractivity contribution in [1.29, 1.82) is 0 Å². The number of carbonyl (C=O) groups is 1. The third kappa shape index (κ3) is 1.59. The van der Waals surface area contributed by atoms with Crippen LogP contribution in [0.25, 0.3) is 0 Å². The van der Waals surface area contributed by atoms with Gasteiger partial charge in [0.15, 0.2) is 6.29 Å². The number of alkyl halides is 2. The first-order chi connectivity index (χ1) is 6.49. The summed E-state index contributed by atoms with van der Waals surface area (Å²) < 4.78 is 26.1. The Balaban J connectivity index is 3.35. The molecular weight excluding hydrogens is 192 g/mol. The summed E-state index contributed by atoms with van der Waals surface area (Å²) in [6.45, 7) is 0. The maximum Gasteiger partial charge on any atom is 0.282 e. The monoisotopic (exact) mass is 203 g/mol. The van der Waals surface area contributed by atoms with E-state index >= 15 is 0 Å². The van der Waals surface area contributed by atoms with Gasteiger partial charge in [-0.3, -0.25) is 9.48 Å². The predicted octanol–water partition coefficient (Wildman–Crippen LogP) is 1.24. The molecular formula is C8H11F2N3O. The summed E-state index contributed by atoms with van der Waals surface area (Å²) in [4.78, 5) is 12.2. The Morgan fingerprint density at radius 1 is 1.50 bits per heavy atom. The van der Waals surface area contributed by atoms with E-state index in [0.717, 1.165) is 0 Å². The van der Waals surface area contributed by atoms with Crippen LogP contribution in [-0.2, 0) is 7.05 Å². The summed E-state index contributed by atoms with van der Waals surface area (Å²) in [5.74, 6) is 0.385. The molecule has 0 N–H and O–H groups in total. The Kier molecular flexibility index (Phi) is 2.83. The Morgan fingerprint density at radius 3 is 2.43 bits per heavy atom. The maximum atomic E-state index is 12.4. The van der Waals surface area contributed by atoms with E-state index in [4.69, 9.17) is 0 Å². The van der Waals surface area contributed by atoms with E-state index in [0.29, 0.717) is 12.1 Å². The van der Waals surface area contributed by atoms with Crippen molar-refractivity contribution >= 4 is 12.1 Å². The van der Waals surface area contributed by atoms with Crippen molar-refractivity contribution in [1.82, 2.24) is 9.78 Å². The number of aryl methyl sites for hydroxylation is 1. The fourth-order valence-electron chi connectivity index (χ4n) is 1.36. The lowest BCUT2D eigenvalue weighted by molar-refractivity contribution is 0.110. The van der Waals surface area contributed by atoms with E-state index in [9.17, 15) is 13.6 Å². The molecule has 1 aromatic heterocycles. The molecule has 4 nitrogen and oxygen atoms in total. The first kappa shape index (κ1) is 10.6. The van der Waals surface area contributed by atoms with Crippen LogP contribution in [0.15, 0.2) is 0 Å². The van der Waals surface area contributed by atoms with Crippen LogP contribution in [0.1, 0.15) is 22.5 Å². The molecule has 0 aliphatic carbocycles. The molecule has 0 radical (unpaired) electrons. The summed E-state index contributed by atoms with van der Waals surface area (Å²) in [5.41, 5.74) is -0.515. The van der Waals surface area contributed by atoms with Gasteiger partial charge in [-0.15, -0.1) is 0 Å². The molecule has 78 valence electrons. The summed E-state index contributed by atoms with van der Waals surface area (Å²) in [7, 11) is 4.85. The van der Waals surface area contributed by atoms with Gasteiger partial charge in [-0.1, -0.05) is 0 Å². The van der Waals surface area contributed by atoms with Crippen LogP contribution in [-0.4, -0.2) is 30.2 Å². The minimum atomic E-state index is -2.73. The molecule has 0 amide bonds. The average Bonchev–Trinajstić information content (AvgIpc) is 2.41. The largest absolute Gasteiger partial charge is 0.362 e. The highest BCUT2D eigenvalue weighted by Crippen LogP contribution is 2.27. The van der Waals surface area contributed by atoms with Crippen molar-refractivity contribution in [3.05, 3.63) is 11.3 Å². The van der Waals surface area contributed by atoms with Crippen LogP contribution in [0.5, 0.6) is 0 Å². The molecule has 0 aliphatic rings. The van der Waals surface area contributed by atoms with Crippen molar-refractivity contribution < 1.29 is 13.6 Å². The lowest BCUT2D eigenvalue weighted by atomic mass is 10.2. The summed E-state index contributed by atoms with van der Waals surface area (Å²) >= 11 is 0. The Bertz CT molecular complexity index is 347. The van der Waals surface area contributed by atoms with E-state index in [1.54, 1.807) is 19.0 Å². The molecule has 0 fully saturated rings. The molecule has 0 atom stereocenters. The number of hydrogen-bond acceptors (Lipinski definition) is 3. The van der Waals surface area contributed by atoms with Gasteiger partial charge in [0.2, 0.25) is 0 Å². The van der Waals surface area contributed by atoms with Gasteiger partial charge in [0.1, 0.15) is 11.5 Å².